The van der Waals surface area contributed by atoms with Gasteiger partial charge in [0.1, 0.15) is 10.8 Å². The average molecular weight is 410 g/mol. The molecule has 3 rings (SSSR count). The minimum atomic E-state index is -0.246. The van der Waals surface area contributed by atoms with E-state index in [-0.39, 0.29) is 24.5 Å². The van der Waals surface area contributed by atoms with Crippen LogP contribution in [0.25, 0.3) is 0 Å². The summed E-state index contributed by atoms with van der Waals surface area (Å²) >= 11 is 1.31. The fourth-order valence-electron chi connectivity index (χ4n) is 2.66. The van der Waals surface area contributed by atoms with Gasteiger partial charge in [0.2, 0.25) is 11.0 Å². The van der Waals surface area contributed by atoms with Crippen LogP contribution >= 0.6 is 11.3 Å². The number of Topliss-reactive ketones (excluding diaryl/α,β-unsaturated/α-hetero) is 1. The maximum atomic E-state index is 12.2. The maximum absolute atomic E-state index is 12.2. The molecule has 0 unspecified atom stereocenters. The predicted octanol–water partition coefficient (Wildman–Crippen LogP) is 4.38. The van der Waals surface area contributed by atoms with Gasteiger partial charge < -0.3 is 10.1 Å². The van der Waals surface area contributed by atoms with Crippen LogP contribution in [-0.4, -0.2) is 28.5 Å². The summed E-state index contributed by atoms with van der Waals surface area (Å²) in [7, 11) is 0. The number of rotatable bonds is 9. The van der Waals surface area contributed by atoms with Gasteiger partial charge >= 0.3 is 0 Å². The molecule has 1 N–H and O–H groups in total. The number of nitrogens with zero attached hydrogens (tertiary/aromatic N) is 2. The van der Waals surface area contributed by atoms with Crippen molar-refractivity contribution >= 4 is 28.2 Å². The lowest BCUT2D eigenvalue weighted by Gasteiger charge is -2.05. The van der Waals surface area contributed by atoms with Crippen molar-refractivity contribution in [1.82, 2.24) is 10.2 Å². The minimum Gasteiger partial charge on any atom is -0.493 e. The molecule has 0 aliphatic rings. The lowest BCUT2D eigenvalue weighted by molar-refractivity contribution is -0.116. The van der Waals surface area contributed by atoms with Crippen molar-refractivity contribution in [2.24, 2.45) is 0 Å². The molecule has 0 aliphatic carbocycles. The molecule has 0 atom stereocenters. The molecule has 1 heterocycles. The van der Waals surface area contributed by atoms with E-state index < -0.39 is 0 Å². The van der Waals surface area contributed by atoms with Gasteiger partial charge in [-0.05, 0) is 31.5 Å². The zero-order valence-corrected chi connectivity index (χ0v) is 17.3. The van der Waals surface area contributed by atoms with Crippen LogP contribution < -0.4 is 10.1 Å². The van der Waals surface area contributed by atoms with Gasteiger partial charge in [-0.2, -0.15) is 0 Å². The number of ketones is 1. The molecule has 0 bridgehead atoms. The average Bonchev–Trinajstić information content (AvgIpc) is 3.14. The van der Waals surface area contributed by atoms with E-state index in [1.54, 1.807) is 12.1 Å². The molecule has 150 valence electrons. The van der Waals surface area contributed by atoms with Crippen LogP contribution in [0.4, 0.5) is 5.13 Å². The Kier molecular flexibility index (Phi) is 7.08. The molecule has 1 aromatic heterocycles. The number of aromatic nitrogens is 2. The molecule has 3 aromatic rings. The lowest BCUT2D eigenvalue weighted by atomic mass is 10.1. The minimum absolute atomic E-state index is 0.0496. The van der Waals surface area contributed by atoms with Gasteiger partial charge in [0.15, 0.2) is 5.78 Å². The molecular weight excluding hydrogens is 386 g/mol. The van der Waals surface area contributed by atoms with Gasteiger partial charge in [-0.15, -0.1) is 10.2 Å². The normalized spacial score (nSPS) is 10.6. The van der Waals surface area contributed by atoms with E-state index >= 15 is 0 Å². The van der Waals surface area contributed by atoms with E-state index in [1.165, 1.54) is 11.3 Å². The molecule has 0 aliphatic heterocycles. The highest BCUT2D eigenvalue weighted by Crippen LogP contribution is 2.18. The number of amides is 1. The second-order valence-electron chi connectivity index (χ2n) is 6.75. The molecule has 0 saturated heterocycles. The first-order chi connectivity index (χ1) is 14.0. The Labute approximate surface area is 173 Å². The van der Waals surface area contributed by atoms with Crippen molar-refractivity contribution in [2.75, 3.05) is 11.9 Å². The summed E-state index contributed by atoms with van der Waals surface area (Å²) in [6.07, 6.45) is 0.871. The second-order valence-corrected chi connectivity index (χ2v) is 7.82. The smallest absolute Gasteiger partial charge is 0.226 e. The van der Waals surface area contributed by atoms with Crippen molar-refractivity contribution in [2.45, 2.75) is 33.1 Å². The van der Waals surface area contributed by atoms with Crippen LogP contribution in [0.3, 0.4) is 0 Å². The summed E-state index contributed by atoms with van der Waals surface area (Å²) in [6.45, 7) is 4.46. The van der Waals surface area contributed by atoms with Gasteiger partial charge in [0.05, 0.1) is 6.61 Å². The third-order valence-electron chi connectivity index (χ3n) is 4.24. The number of benzene rings is 2. The Balaban J connectivity index is 1.41. The Morgan fingerprint density at radius 3 is 2.55 bits per heavy atom. The fourth-order valence-corrected chi connectivity index (χ4v) is 3.40. The van der Waals surface area contributed by atoms with Crippen molar-refractivity contribution in [3.05, 3.63) is 70.2 Å². The number of hydrogen-bond acceptors (Lipinski definition) is 6. The highest BCUT2D eigenvalue weighted by Gasteiger charge is 2.12. The lowest BCUT2D eigenvalue weighted by Crippen LogP contribution is -2.13. The number of anilines is 1. The van der Waals surface area contributed by atoms with Crippen LogP contribution in [0.1, 0.15) is 39.3 Å². The van der Waals surface area contributed by atoms with Crippen LogP contribution in [-0.2, 0) is 11.2 Å². The SMILES string of the molecule is Cc1ccc(C(=O)CCC(=O)Nc2nnc(CCOc3cccc(C)c3)s2)cc1. The number of nitrogens with one attached hydrogen (secondary N) is 1. The summed E-state index contributed by atoms with van der Waals surface area (Å²) in [5.41, 5.74) is 2.86. The fraction of sp³-hybridized carbons (Fsp3) is 0.273. The van der Waals surface area contributed by atoms with Crippen LogP contribution in [0.2, 0.25) is 0 Å². The summed E-state index contributed by atoms with van der Waals surface area (Å²) < 4.78 is 5.71. The van der Waals surface area contributed by atoms with E-state index in [1.807, 2.05) is 50.2 Å². The molecule has 7 heteroatoms. The number of hydrogen-bond donors (Lipinski definition) is 1. The summed E-state index contributed by atoms with van der Waals surface area (Å²) in [5.74, 6) is 0.525. The quantitative estimate of drug-likeness (QED) is 0.531. The van der Waals surface area contributed by atoms with E-state index in [9.17, 15) is 9.59 Å². The number of carbonyl (C=O) groups excluding carboxylic acids is 2. The highest BCUT2D eigenvalue weighted by molar-refractivity contribution is 7.15. The van der Waals surface area contributed by atoms with Crippen molar-refractivity contribution < 1.29 is 14.3 Å². The maximum Gasteiger partial charge on any atom is 0.226 e. The number of aryl methyl sites for hydroxylation is 2. The Bertz CT molecular complexity index is 983. The van der Waals surface area contributed by atoms with E-state index in [2.05, 4.69) is 15.5 Å². The predicted molar refractivity (Wildman–Crippen MR) is 114 cm³/mol. The van der Waals surface area contributed by atoms with Crippen LogP contribution in [0.15, 0.2) is 48.5 Å². The van der Waals surface area contributed by atoms with Crippen molar-refractivity contribution in [3.8, 4) is 5.75 Å². The molecule has 0 fully saturated rings. The Morgan fingerprint density at radius 1 is 1.00 bits per heavy atom. The monoisotopic (exact) mass is 409 g/mol. The standard InChI is InChI=1S/C22H23N3O3S/c1-15-6-8-17(9-7-15)19(26)10-11-20(27)23-22-25-24-21(29-22)12-13-28-18-5-3-4-16(2)14-18/h3-9,14H,10-13H2,1-2H3,(H,23,25,27). The van der Waals surface area contributed by atoms with E-state index in [0.717, 1.165) is 21.9 Å². The molecule has 6 nitrogen and oxygen atoms in total. The third-order valence-corrected chi connectivity index (χ3v) is 5.14. The molecule has 0 spiro atoms. The van der Waals surface area contributed by atoms with Crippen molar-refractivity contribution in [1.29, 1.82) is 0 Å². The van der Waals surface area contributed by atoms with E-state index in [0.29, 0.717) is 23.7 Å². The summed E-state index contributed by atoms with van der Waals surface area (Å²) in [6, 6.07) is 15.2. The van der Waals surface area contributed by atoms with Crippen LogP contribution in [0, 0.1) is 13.8 Å². The largest absolute Gasteiger partial charge is 0.493 e. The van der Waals surface area contributed by atoms with Gasteiger partial charge in [-0.3, -0.25) is 9.59 Å². The first-order valence-electron chi connectivity index (χ1n) is 9.41. The van der Waals surface area contributed by atoms with E-state index in [4.69, 9.17) is 4.74 Å². The first kappa shape index (κ1) is 20.7. The molecule has 1 amide bonds. The van der Waals surface area contributed by atoms with Crippen LogP contribution in [0.5, 0.6) is 5.75 Å². The van der Waals surface area contributed by atoms with Gasteiger partial charge in [0, 0.05) is 24.8 Å². The summed E-state index contributed by atoms with van der Waals surface area (Å²) in [5, 5.41) is 12.0. The Morgan fingerprint density at radius 2 is 1.79 bits per heavy atom. The van der Waals surface area contributed by atoms with Gasteiger partial charge in [0.25, 0.3) is 0 Å². The van der Waals surface area contributed by atoms with Gasteiger partial charge in [-0.25, -0.2) is 0 Å². The highest BCUT2D eigenvalue weighted by atomic mass is 32.1. The second kappa shape index (κ2) is 9.93. The molecular formula is C22H23N3O3S. The van der Waals surface area contributed by atoms with Crippen molar-refractivity contribution in [3.63, 3.8) is 0 Å². The molecule has 29 heavy (non-hydrogen) atoms. The topological polar surface area (TPSA) is 81.2 Å². The third kappa shape index (κ3) is 6.50. The zero-order chi connectivity index (χ0) is 20.6. The number of ether oxygens (including phenoxy) is 1. The molecule has 0 saturated carbocycles. The summed E-state index contributed by atoms with van der Waals surface area (Å²) in [4.78, 5) is 24.2. The first-order valence-corrected chi connectivity index (χ1v) is 10.2. The van der Waals surface area contributed by atoms with Gasteiger partial charge in [-0.1, -0.05) is 53.3 Å². The Hall–Kier alpha value is -3.06. The molecule has 2 aromatic carbocycles. The number of carbonyl (C=O) groups is 2. The zero-order valence-electron chi connectivity index (χ0n) is 16.5. The molecule has 0 radical (unpaired) electrons.